The molecule has 1 aliphatic heterocycles. The number of hydrogen-bond donors (Lipinski definition) is 0. The summed E-state index contributed by atoms with van der Waals surface area (Å²) in [5.74, 6) is -2.58. The van der Waals surface area contributed by atoms with Crippen LogP contribution in [0, 0.1) is 5.92 Å². The number of fused-ring (bicyclic) bond motifs is 3. The lowest BCUT2D eigenvalue weighted by molar-refractivity contribution is -0.131. The lowest BCUT2D eigenvalue weighted by Crippen LogP contribution is -2.35. The van der Waals surface area contributed by atoms with Crippen molar-refractivity contribution in [2.24, 2.45) is 5.92 Å². The third kappa shape index (κ3) is 3.04. The third-order valence-electron chi connectivity index (χ3n) is 5.72. The molecular weight excluding hydrogens is 348 g/mol. The molecular formula is C22H23F2NO2. The number of methoxy groups -OCH3 is 1. The third-order valence-corrected chi connectivity index (χ3v) is 5.72. The molecule has 2 aliphatic rings. The molecule has 0 saturated carbocycles. The molecule has 2 aromatic carbocycles. The highest BCUT2D eigenvalue weighted by atomic mass is 19.3. The highest BCUT2D eigenvalue weighted by Crippen LogP contribution is 2.50. The molecule has 2 atom stereocenters. The van der Waals surface area contributed by atoms with Gasteiger partial charge in [0.25, 0.3) is 5.92 Å². The predicted molar refractivity (Wildman–Crippen MR) is 99.7 cm³/mol. The van der Waals surface area contributed by atoms with Crippen LogP contribution in [0.25, 0.3) is 11.1 Å². The molecule has 0 radical (unpaired) electrons. The van der Waals surface area contributed by atoms with Gasteiger partial charge in [0.15, 0.2) is 0 Å². The Morgan fingerprint density at radius 3 is 2.70 bits per heavy atom. The molecule has 5 heteroatoms. The number of rotatable bonds is 4. The average Bonchev–Trinajstić information content (AvgIpc) is 3.12. The van der Waals surface area contributed by atoms with Gasteiger partial charge < -0.3 is 9.64 Å². The number of carbonyl (C=O) groups excluding carboxylic acids is 1. The first-order valence-electron chi connectivity index (χ1n) is 9.31. The molecule has 1 fully saturated rings. The highest BCUT2D eigenvalue weighted by Gasteiger charge is 2.44. The number of ether oxygens (including phenoxy) is 1. The molecule has 142 valence electrons. The van der Waals surface area contributed by atoms with Crippen LogP contribution in [-0.4, -0.2) is 37.1 Å². The Morgan fingerprint density at radius 1 is 1.19 bits per heavy atom. The lowest BCUT2D eigenvalue weighted by Gasteiger charge is -2.22. The predicted octanol–water partition coefficient (Wildman–Crippen LogP) is 4.23. The van der Waals surface area contributed by atoms with Crippen LogP contribution in [0.1, 0.15) is 30.0 Å². The summed E-state index contributed by atoms with van der Waals surface area (Å²) in [7, 11) is 1.67. The summed E-state index contributed by atoms with van der Waals surface area (Å²) >= 11 is 0. The Kier molecular flexibility index (Phi) is 4.50. The van der Waals surface area contributed by atoms with Crippen molar-refractivity contribution in [3.63, 3.8) is 0 Å². The smallest absolute Gasteiger partial charge is 0.299 e. The summed E-state index contributed by atoms with van der Waals surface area (Å²) in [6.45, 7) is 3.39. The molecule has 0 spiro atoms. The second-order valence-corrected chi connectivity index (χ2v) is 7.63. The Bertz CT molecular complexity index is 880. The van der Waals surface area contributed by atoms with Crippen molar-refractivity contribution in [3.8, 4) is 11.1 Å². The van der Waals surface area contributed by atoms with Crippen LogP contribution < -0.4 is 0 Å². The molecule has 1 saturated heterocycles. The normalized spacial score (nSPS) is 22.6. The summed E-state index contributed by atoms with van der Waals surface area (Å²) in [5, 5.41) is 0. The van der Waals surface area contributed by atoms with Gasteiger partial charge in [0.2, 0.25) is 5.91 Å². The minimum Gasteiger partial charge on any atom is -0.384 e. The molecule has 1 aliphatic carbocycles. The van der Waals surface area contributed by atoms with E-state index in [1.54, 1.807) is 37.4 Å². The van der Waals surface area contributed by atoms with Gasteiger partial charge in [-0.1, -0.05) is 42.5 Å². The van der Waals surface area contributed by atoms with Crippen LogP contribution >= 0.6 is 0 Å². The summed E-state index contributed by atoms with van der Waals surface area (Å²) < 4.78 is 34.5. The van der Waals surface area contributed by atoms with Crippen molar-refractivity contribution < 1.29 is 18.3 Å². The second-order valence-electron chi connectivity index (χ2n) is 7.63. The van der Waals surface area contributed by atoms with E-state index in [1.807, 2.05) is 11.8 Å². The van der Waals surface area contributed by atoms with Crippen LogP contribution in [0.2, 0.25) is 0 Å². The molecule has 0 bridgehead atoms. The molecule has 2 unspecified atom stereocenters. The van der Waals surface area contributed by atoms with Crippen LogP contribution in [-0.2, 0) is 21.9 Å². The SMILES string of the molecule is COCC1CC(C)N(C(=O)Cc2ccc3c(c2)-c2ccccc2C3(F)F)C1. The molecule has 1 heterocycles. The van der Waals surface area contributed by atoms with Gasteiger partial charge in [-0.25, -0.2) is 0 Å². The Balaban J connectivity index is 1.57. The van der Waals surface area contributed by atoms with E-state index >= 15 is 0 Å². The summed E-state index contributed by atoms with van der Waals surface area (Å²) in [6, 6.07) is 11.7. The van der Waals surface area contributed by atoms with E-state index < -0.39 is 5.92 Å². The second kappa shape index (κ2) is 6.71. The first-order valence-corrected chi connectivity index (χ1v) is 9.31. The first kappa shape index (κ1) is 18.1. The molecule has 27 heavy (non-hydrogen) atoms. The summed E-state index contributed by atoms with van der Waals surface area (Å²) in [6.07, 6.45) is 1.16. The van der Waals surface area contributed by atoms with E-state index in [9.17, 15) is 13.6 Å². The van der Waals surface area contributed by atoms with E-state index in [2.05, 4.69) is 0 Å². The van der Waals surface area contributed by atoms with Crippen molar-refractivity contribution >= 4 is 5.91 Å². The Labute approximate surface area is 157 Å². The largest absolute Gasteiger partial charge is 0.384 e. The minimum absolute atomic E-state index is 0.0228. The number of likely N-dealkylation sites (tertiary alicyclic amines) is 1. The van der Waals surface area contributed by atoms with Gasteiger partial charge in [-0.05, 0) is 30.0 Å². The molecule has 2 aromatic rings. The first-order chi connectivity index (χ1) is 12.9. The number of nitrogens with zero attached hydrogens (tertiary/aromatic N) is 1. The van der Waals surface area contributed by atoms with Crippen molar-refractivity contribution in [2.75, 3.05) is 20.3 Å². The zero-order chi connectivity index (χ0) is 19.2. The maximum absolute atomic E-state index is 14.6. The van der Waals surface area contributed by atoms with Gasteiger partial charge in [-0.15, -0.1) is 0 Å². The number of halogens is 2. The van der Waals surface area contributed by atoms with E-state index in [4.69, 9.17) is 4.74 Å². The van der Waals surface area contributed by atoms with Crippen LogP contribution in [0.15, 0.2) is 42.5 Å². The van der Waals surface area contributed by atoms with Gasteiger partial charge in [0, 0.05) is 36.7 Å². The molecule has 3 nitrogen and oxygen atoms in total. The van der Waals surface area contributed by atoms with Gasteiger partial charge >= 0.3 is 0 Å². The Morgan fingerprint density at radius 2 is 1.93 bits per heavy atom. The zero-order valence-electron chi connectivity index (χ0n) is 15.5. The zero-order valence-corrected chi connectivity index (χ0v) is 15.5. The summed E-state index contributed by atoms with van der Waals surface area (Å²) in [4.78, 5) is 14.7. The van der Waals surface area contributed by atoms with E-state index in [0.717, 1.165) is 12.0 Å². The number of alkyl halides is 2. The maximum atomic E-state index is 14.6. The number of benzene rings is 2. The molecule has 0 N–H and O–H groups in total. The van der Waals surface area contributed by atoms with Gasteiger partial charge in [-0.2, -0.15) is 8.78 Å². The van der Waals surface area contributed by atoms with E-state index in [1.165, 1.54) is 12.1 Å². The fourth-order valence-corrected chi connectivity index (χ4v) is 4.46. The number of hydrogen-bond acceptors (Lipinski definition) is 2. The van der Waals surface area contributed by atoms with Crippen LogP contribution in [0.4, 0.5) is 8.78 Å². The monoisotopic (exact) mass is 371 g/mol. The molecule has 1 amide bonds. The standard InChI is InChI=1S/C22H23F2NO2/c1-14-9-16(13-27-2)12-25(14)21(26)11-15-7-8-20-18(10-15)17-5-3-4-6-19(17)22(20,23)24/h3-8,10,14,16H,9,11-13H2,1-2H3. The lowest BCUT2D eigenvalue weighted by atomic mass is 10.0. The van der Waals surface area contributed by atoms with Gasteiger partial charge in [0.1, 0.15) is 0 Å². The fraction of sp³-hybridized carbons (Fsp3) is 0.409. The molecule has 0 aromatic heterocycles. The van der Waals surface area contributed by atoms with Crippen molar-refractivity contribution in [1.29, 1.82) is 0 Å². The Hall–Kier alpha value is -2.27. The van der Waals surface area contributed by atoms with E-state index in [-0.39, 0.29) is 29.5 Å². The van der Waals surface area contributed by atoms with E-state index in [0.29, 0.717) is 30.2 Å². The quantitative estimate of drug-likeness (QED) is 0.805. The highest BCUT2D eigenvalue weighted by molar-refractivity contribution is 5.83. The van der Waals surface area contributed by atoms with Gasteiger partial charge in [0.05, 0.1) is 13.0 Å². The maximum Gasteiger partial charge on any atom is 0.299 e. The average molecular weight is 371 g/mol. The van der Waals surface area contributed by atoms with Crippen molar-refractivity contribution in [3.05, 3.63) is 59.2 Å². The topological polar surface area (TPSA) is 29.5 Å². The van der Waals surface area contributed by atoms with Crippen molar-refractivity contribution in [2.45, 2.75) is 31.7 Å². The number of carbonyl (C=O) groups is 1. The fourth-order valence-electron chi connectivity index (χ4n) is 4.46. The van der Waals surface area contributed by atoms with Gasteiger partial charge in [-0.3, -0.25) is 4.79 Å². The van der Waals surface area contributed by atoms with Crippen LogP contribution in [0.5, 0.6) is 0 Å². The summed E-state index contributed by atoms with van der Waals surface area (Å²) in [5.41, 5.74) is 1.93. The number of amides is 1. The van der Waals surface area contributed by atoms with Crippen LogP contribution in [0.3, 0.4) is 0 Å². The van der Waals surface area contributed by atoms with Crippen molar-refractivity contribution in [1.82, 2.24) is 4.90 Å². The molecule has 4 rings (SSSR count). The minimum atomic E-state index is -2.98.